The molecule has 3 aromatic heterocycles. The fourth-order valence-electron chi connectivity index (χ4n) is 3.51. The van der Waals surface area contributed by atoms with Crippen LogP contribution in [-0.4, -0.2) is 21.2 Å². The molecule has 0 aliphatic carbocycles. The summed E-state index contributed by atoms with van der Waals surface area (Å²) < 4.78 is 12.1. The molecule has 8 heteroatoms. The first-order valence-electron chi connectivity index (χ1n) is 9.94. The molecule has 0 aliphatic rings. The summed E-state index contributed by atoms with van der Waals surface area (Å²) in [6.07, 6.45) is 2.25. The van der Waals surface area contributed by atoms with Crippen molar-refractivity contribution >= 4 is 51.5 Å². The molecule has 0 atom stereocenters. The molecule has 5 aromatic rings. The number of carbonyl (C=O) groups is 1. The number of nitrogens with zero attached hydrogens (tertiary/aromatic N) is 2. The number of aromatic amines is 1. The number of hydrogen-bond donors (Lipinski definition) is 1. The Hall–Kier alpha value is -3.35. The van der Waals surface area contributed by atoms with E-state index < -0.39 is 0 Å². The minimum atomic E-state index is 0.176. The number of carbonyl (C=O) groups excluding carboxylic acids is 1. The molecule has 5 rings (SSSR count). The number of para-hydroxylation sites is 1. The Kier molecular flexibility index (Phi) is 5.12. The van der Waals surface area contributed by atoms with Crippen LogP contribution < -0.4 is 4.74 Å². The zero-order valence-corrected chi connectivity index (χ0v) is 18.7. The van der Waals surface area contributed by atoms with Crippen molar-refractivity contribution in [3.8, 4) is 22.9 Å². The van der Waals surface area contributed by atoms with Crippen molar-refractivity contribution in [2.45, 2.75) is 19.8 Å². The van der Waals surface area contributed by atoms with Crippen LogP contribution in [0.1, 0.15) is 35.9 Å². The monoisotopic (exact) mass is 465 g/mol. The molecule has 3 heterocycles. The lowest BCUT2D eigenvalue weighted by atomic mass is 10.1. The third-order valence-corrected chi connectivity index (χ3v) is 5.74. The molecule has 0 saturated heterocycles. The van der Waals surface area contributed by atoms with Crippen molar-refractivity contribution in [2.75, 3.05) is 0 Å². The number of furan rings is 1. The van der Waals surface area contributed by atoms with E-state index in [-0.39, 0.29) is 11.1 Å². The molecule has 32 heavy (non-hydrogen) atoms. The lowest BCUT2D eigenvalue weighted by Gasteiger charge is -2.09. The number of nitrogens with one attached hydrogen (secondary N) is 1. The Morgan fingerprint density at radius 3 is 2.72 bits per heavy atom. The molecule has 0 spiro atoms. The van der Waals surface area contributed by atoms with Crippen LogP contribution in [0.15, 0.2) is 53.1 Å². The maximum absolute atomic E-state index is 11.2. The lowest BCUT2D eigenvalue weighted by Crippen LogP contribution is -1.93. The molecule has 160 valence electrons. The second kappa shape index (κ2) is 7.97. The molecular formula is C24H17Cl2N3O3. The van der Waals surface area contributed by atoms with E-state index in [1.807, 2.05) is 24.3 Å². The number of fused-ring (bicyclic) bond motifs is 2. The number of aldehydes is 1. The Morgan fingerprint density at radius 2 is 1.97 bits per heavy atom. The number of ether oxygens (including phenoxy) is 1. The number of H-pyrrole nitrogens is 1. The van der Waals surface area contributed by atoms with Crippen molar-refractivity contribution in [3.63, 3.8) is 0 Å². The van der Waals surface area contributed by atoms with E-state index in [2.05, 4.69) is 28.8 Å². The summed E-state index contributed by atoms with van der Waals surface area (Å²) in [5, 5.41) is 2.03. The van der Waals surface area contributed by atoms with Crippen LogP contribution in [0.25, 0.3) is 33.4 Å². The van der Waals surface area contributed by atoms with Gasteiger partial charge in [-0.05, 0) is 24.3 Å². The summed E-state index contributed by atoms with van der Waals surface area (Å²) in [6, 6.07) is 13.0. The molecule has 2 aromatic carbocycles. The van der Waals surface area contributed by atoms with E-state index in [9.17, 15) is 4.79 Å². The van der Waals surface area contributed by atoms with E-state index in [4.69, 9.17) is 32.4 Å². The number of halogens is 2. The molecule has 0 amide bonds. The summed E-state index contributed by atoms with van der Waals surface area (Å²) in [4.78, 5) is 22.9. The van der Waals surface area contributed by atoms with Crippen LogP contribution in [0.5, 0.6) is 11.5 Å². The smallest absolute Gasteiger partial charge is 0.176 e. The van der Waals surface area contributed by atoms with Crippen LogP contribution in [0.2, 0.25) is 10.2 Å². The Balaban J connectivity index is 1.50. The van der Waals surface area contributed by atoms with Gasteiger partial charge in [0, 0.05) is 34.7 Å². The van der Waals surface area contributed by atoms with Crippen molar-refractivity contribution in [1.29, 1.82) is 0 Å². The van der Waals surface area contributed by atoms with Gasteiger partial charge in [-0.25, -0.2) is 9.97 Å². The topological polar surface area (TPSA) is 81.0 Å². The average Bonchev–Trinajstić information content (AvgIpc) is 3.39. The van der Waals surface area contributed by atoms with E-state index in [1.165, 1.54) is 0 Å². The predicted octanol–water partition coefficient (Wildman–Crippen LogP) is 7.41. The number of rotatable bonds is 5. The van der Waals surface area contributed by atoms with Crippen molar-refractivity contribution in [2.24, 2.45) is 0 Å². The summed E-state index contributed by atoms with van der Waals surface area (Å²) in [6.45, 7) is 4.16. The van der Waals surface area contributed by atoms with Gasteiger partial charge in [-0.15, -0.1) is 0 Å². The van der Waals surface area contributed by atoms with Crippen LogP contribution in [0.3, 0.4) is 0 Å². The number of benzene rings is 2. The highest BCUT2D eigenvalue weighted by Gasteiger charge is 2.16. The molecule has 0 radical (unpaired) electrons. The summed E-state index contributed by atoms with van der Waals surface area (Å²) in [5.41, 5.74) is 2.14. The zero-order chi connectivity index (χ0) is 22.4. The Bertz CT molecular complexity index is 1490. The molecule has 0 unspecified atom stereocenters. The second-order valence-electron chi connectivity index (χ2n) is 7.65. The minimum absolute atomic E-state index is 0.176. The molecule has 6 nitrogen and oxygen atoms in total. The number of aromatic nitrogens is 3. The van der Waals surface area contributed by atoms with E-state index in [0.717, 1.165) is 11.1 Å². The minimum Gasteiger partial charge on any atom is -0.457 e. The maximum Gasteiger partial charge on any atom is 0.176 e. The fraction of sp³-hybridized carbons (Fsp3) is 0.125. The summed E-state index contributed by atoms with van der Waals surface area (Å²) in [7, 11) is 0. The average molecular weight is 466 g/mol. The van der Waals surface area contributed by atoms with Gasteiger partial charge in [0.2, 0.25) is 0 Å². The Labute approximate surface area is 193 Å². The third-order valence-electron chi connectivity index (χ3n) is 5.15. The van der Waals surface area contributed by atoms with Gasteiger partial charge in [-0.2, -0.15) is 0 Å². The molecule has 1 N–H and O–H groups in total. The van der Waals surface area contributed by atoms with Gasteiger partial charge in [0.25, 0.3) is 0 Å². The standard InChI is InChI=1S/C24H17Cl2N3O3/c1-12(2)19-8-13-4-3-5-18(21(13)32-19)31-15-6-7-16(17(25)9-15)23-28-22(26)20-14(11-30)10-27-24(20)29-23/h3-12H,1-2H3,(H,27,28,29). The molecular weight excluding hydrogens is 449 g/mol. The van der Waals surface area contributed by atoms with Gasteiger partial charge in [0.1, 0.15) is 22.3 Å². The second-order valence-corrected chi connectivity index (χ2v) is 8.41. The summed E-state index contributed by atoms with van der Waals surface area (Å²) >= 11 is 12.8. The van der Waals surface area contributed by atoms with Crippen molar-refractivity contribution in [1.82, 2.24) is 15.0 Å². The van der Waals surface area contributed by atoms with Gasteiger partial charge in [-0.1, -0.05) is 49.2 Å². The Morgan fingerprint density at radius 1 is 1.12 bits per heavy atom. The van der Waals surface area contributed by atoms with E-state index in [0.29, 0.717) is 56.4 Å². The van der Waals surface area contributed by atoms with Gasteiger partial charge in [0.05, 0.1) is 10.4 Å². The van der Waals surface area contributed by atoms with Crippen LogP contribution in [0.4, 0.5) is 0 Å². The van der Waals surface area contributed by atoms with Crippen LogP contribution in [0, 0.1) is 0 Å². The zero-order valence-electron chi connectivity index (χ0n) is 17.1. The highest BCUT2D eigenvalue weighted by Crippen LogP contribution is 2.37. The van der Waals surface area contributed by atoms with E-state index >= 15 is 0 Å². The van der Waals surface area contributed by atoms with Crippen molar-refractivity contribution < 1.29 is 13.9 Å². The van der Waals surface area contributed by atoms with Gasteiger partial charge < -0.3 is 14.1 Å². The third kappa shape index (κ3) is 3.51. The summed E-state index contributed by atoms with van der Waals surface area (Å²) in [5.74, 6) is 2.66. The highest BCUT2D eigenvalue weighted by atomic mass is 35.5. The van der Waals surface area contributed by atoms with Crippen LogP contribution in [-0.2, 0) is 0 Å². The molecule has 0 saturated carbocycles. The van der Waals surface area contributed by atoms with Crippen LogP contribution >= 0.6 is 23.2 Å². The van der Waals surface area contributed by atoms with Gasteiger partial charge in [0.15, 0.2) is 23.4 Å². The predicted molar refractivity (Wildman–Crippen MR) is 125 cm³/mol. The maximum atomic E-state index is 11.2. The highest BCUT2D eigenvalue weighted by molar-refractivity contribution is 6.35. The first kappa shape index (κ1) is 20.5. The van der Waals surface area contributed by atoms with Gasteiger partial charge in [-0.3, -0.25) is 4.79 Å². The first-order chi connectivity index (χ1) is 15.4. The first-order valence-corrected chi connectivity index (χ1v) is 10.7. The van der Waals surface area contributed by atoms with E-state index in [1.54, 1.807) is 24.4 Å². The number of hydrogen-bond acceptors (Lipinski definition) is 5. The molecule has 0 bridgehead atoms. The SMILES string of the molecule is CC(C)c1cc2cccc(Oc3ccc(-c4nc(Cl)c5c(C=O)c[nH]c5n4)c(Cl)c3)c2o1. The quantitative estimate of drug-likeness (QED) is 0.216. The largest absolute Gasteiger partial charge is 0.457 e. The fourth-order valence-corrected chi connectivity index (χ4v) is 4.05. The molecule has 0 aliphatic heterocycles. The normalized spacial score (nSPS) is 11.5. The lowest BCUT2D eigenvalue weighted by molar-refractivity contribution is 0.112. The van der Waals surface area contributed by atoms with Gasteiger partial charge >= 0.3 is 0 Å². The van der Waals surface area contributed by atoms with Crippen molar-refractivity contribution in [3.05, 3.63) is 70.2 Å². The molecule has 0 fully saturated rings.